The second-order valence-corrected chi connectivity index (χ2v) is 4.84. The summed E-state index contributed by atoms with van der Waals surface area (Å²) in [6, 6.07) is 3.87. The number of hydrogen-bond donors (Lipinski definition) is 2. The summed E-state index contributed by atoms with van der Waals surface area (Å²) >= 11 is 0. The van der Waals surface area contributed by atoms with Crippen LogP contribution in [0.3, 0.4) is 0 Å². The summed E-state index contributed by atoms with van der Waals surface area (Å²) in [6.07, 6.45) is 5.45. The molecule has 0 bridgehead atoms. The average Bonchev–Trinajstić information content (AvgIpc) is 2.78. The Balaban J connectivity index is 1.99. The molecule has 1 fully saturated rings. The van der Waals surface area contributed by atoms with Crippen molar-refractivity contribution in [2.24, 2.45) is 0 Å². The largest absolute Gasteiger partial charge is 0.348 e. The zero-order valence-electron chi connectivity index (χ0n) is 10.4. The number of carbonyl (C=O) groups excluding carboxylic acids is 1. The molecule has 4 heteroatoms. The first-order chi connectivity index (χ1) is 8.12. The van der Waals surface area contributed by atoms with Gasteiger partial charge in [-0.05, 0) is 50.9 Å². The standard InChI is InChI=1S/C13H19N3O/c1-10(11-4-8-14-9-5-11)16-12(17)13(2)6-3-7-15-13/h4-5,8-10,15H,3,6-7H2,1-2H3,(H,16,17)/t10-,13?/m1/s1. The van der Waals surface area contributed by atoms with E-state index >= 15 is 0 Å². The van der Waals surface area contributed by atoms with E-state index in [9.17, 15) is 4.79 Å². The maximum Gasteiger partial charge on any atom is 0.240 e. The van der Waals surface area contributed by atoms with Gasteiger partial charge in [0.15, 0.2) is 0 Å². The Morgan fingerprint density at radius 2 is 2.24 bits per heavy atom. The van der Waals surface area contributed by atoms with Gasteiger partial charge < -0.3 is 10.6 Å². The van der Waals surface area contributed by atoms with Crippen molar-refractivity contribution < 1.29 is 4.79 Å². The van der Waals surface area contributed by atoms with Crippen LogP contribution >= 0.6 is 0 Å². The van der Waals surface area contributed by atoms with E-state index in [1.807, 2.05) is 26.0 Å². The number of pyridine rings is 1. The van der Waals surface area contributed by atoms with Crippen LogP contribution in [-0.2, 0) is 4.79 Å². The van der Waals surface area contributed by atoms with Crippen molar-refractivity contribution in [1.29, 1.82) is 0 Å². The molecule has 0 saturated carbocycles. The van der Waals surface area contributed by atoms with Crippen LogP contribution in [0.4, 0.5) is 0 Å². The Morgan fingerprint density at radius 1 is 1.53 bits per heavy atom. The summed E-state index contributed by atoms with van der Waals surface area (Å²) in [4.78, 5) is 16.1. The number of aromatic nitrogens is 1. The number of amides is 1. The molecule has 2 atom stereocenters. The molecule has 1 saturated heterocycles. The fourth-order valence-electron chi connectivity index (χ4n) is 2.18. The number of nitrogens with zero attached hydrogens (tertiary/aromatic N) is 1. The van der Waals surface area contributed by atoms with Crippen LogP contribution < -0.4 is 10.6 Å². The summed E-state index contributed by atoms with van der Waals surface area (Å²) in [7, 11) is 0. The fraction of sp³-hybridized carbons (Fsp3) is 0.538. The highest BCUT2D eigenvalue weighted by molar-refractivity contribution is 5.86. The van der Waals surface area contributed by atoms with Crippen molar-refractivity contribution in [2.45, 2.75) is 38.3 Å². The molecule has 1 aromatic rings. The monoisotopic (exact) mass is 233 g/mol. The third kappa shape index (κ3) is 2.64. The Bertz CT molecular complexity index is 385. The van der Waals surface area contributed by atoms with Gasteiger partial charge in [-0.2, -0.15) is 0 Å². The molecule has 1 amide bonds. The molecule has 4 nitrogen and oxygen atoms in total. The Labute approximate surface area is 102 Å². The van der Waals surface area contributed by atoms with Gasteiger partial charge in [0.1, 0.15) is 0 Å². The molecule has 0 aliphatic carbocycles. The molecule has 0 aromatic carbocycles. The summed E-state index contributed by atoms with van der Waals surface area (Å²) in [5.74, 6) is 0.0827. The molecule has 2 N–H and O–H groups in total. The molecule has 92 valence electrons. The Hall–Kier alpha value is -1.42. The highest BCUT2D eigenvalue weighted by Crippen LogP contribution is 2.20. The van der Waals surface area contributed by atoms with Gasteiger partial charge in [0.05, 0.1) is 11.6 Å². The molecule has 1 aliphatic heterocycles. The van der Waals surface area contributed by atoms with Crippen molar-refractivity contribution in [3.05, 3.63) is 30.1 Å². The van der Waals surface area contributed by atoms with E-state index in [-0.39, 0.29) is 11.9 Å². The minimum absolute atomic E-state index is 0.0183. The summed E-state index contributed by atoms with van der Waals surface area (Å²) in [5, 5.41) is 6.31. The molecular weight excluding hydrogens is 214 g/mol. The number of carbonyl (C=O) groups is 1. The van der Waals surface area contributed by atoms with Crippen LogP contribution in [0, 0.1) is 0 Å². The van der Waals surface area contributed by atoms with Crippen molar-refractivity contribution in [3.63, 3.8) is 0 Å². The highest BCUT2D eigenvalue weighted by Gasteiger charge is 2.36. The van der Waals surface area contributed by atoms with E-state index in [0.717, 1.165) is 24.9 Å². The smallest absolute Gasteiger partial charge is 0.240 e. The third-order valence-corrected chi connectivity index (χ3v) is 3.42. The number of hydrogen-bond acceptors (Lipinski definition) is 3. The Morgan fingerprint density at radius 3 is 2.82 bits per heavy atom. The summed E-state index contributed by atoms with van der Waals surface area (Å²) in [6.45, 7) is 4.88. The van der Waals surface area contributed by atoms with E-state index in [2.05, 4.69) is 15.6 Å². The van der Waals surface area contributed by atoms with Crippen LogP contribution in [0.15, 0.2) is 24.5 Å². The molecule has 1 unspecified atom stereocenters. The maximum atomic E-state index is 12.2. The van der Waals surface area contributed by atoms with Crippen LogP contribution in [0.25, 0.3) is 0 Å². The van der Waals surface area contributed by atoms with Gasteiger partial charge in [-0.25, -0.2) is 0 Å². The van der Waals surface area contributed by atoms with Crippen LogP contribution in [0.5, 0.6) is 0 Å². The van der Waals surface area contributed by atoms with Crippen LogP contribution in [0.2, 0.25) is 0 Å². The molecule has 17 heavy (non-hydrogen) atoms. The molecule has 2 rings (SSSR count). The van der Waals surface area contributed by atoms with E-state index in [1.54, 1.807) is 12.4 Å². The average molecular weight is 233 g/mol. The number of rotatable bonds is 3. The molecule has 2 heterocycles. The Kier molecular flexibility index (Phi) is 3.43. The van der Waals surface area contributed by atoms with Gasteiger partial charge in [-0.1, -0.05) is 0 Å². The quantitative estimate of drug-likeness (QED) is 0.829. The lowest BCUT2D eigenvalue weighted by Crippen LogP contribution is -2.51. The summed E-state index contributed by atoms with van der Waals surface area (Å²) in [5.41, 5.74) is 0.677. The second kappa shape index (κ2) is 4.84. The lowest BCUT2D eigenvalue weighted by molar-refractivity contribution is -0.127. The van der Waals surface area contributed by atoms with Crippen molar-refractivity contribution in [2.75, 3.05) is 6.54 Å². The van der Waals surface area contributed by atoms with Gasteiger partial charge in [0.2, 0.25) is 5.91 Å². The van der Waals surface area contributed by atoms with Crippen molar-refractivity contribution in [1.82, 2.24) is 15.6 Å². The molecular formula is C13H19N3O. The molecule has 0 radical (unpaired) electrons. The van der Waals surface area contributed by atoms with E-state index in [1.165, 1.54) is 0 Å². The van der Waals surface area contributed by atoms with Crippen LogP contribution in [-0.4, -0.2) is 23.0 Å². The first kappa shape index (κ1) is 12.0. The zero-order valence-corrected chi connectivity index (χ0v) is 10.4. The van der Waals surface area contributed by atoms with E-state index in [0.29, 0.717) is 0 Å². The molecule has 0 spiro atoms. The van der Waals surface area contributed by atoms with Gasteiger partial charge in [-0.3, -0.25) is 9.78 Å². The minimum atomic E-state index is -0.401. The van der Waals surface area contributed by atoms with E-state index in [4.69, 9.17) is 0 Å². The first-order valence-electron chi connectivity index (χ1n) is 6.08. The fourth-order valence-corrected chi connectivity index (χ4v) is 2.18. The minimum Gasteiger partial charge on any atom is -0.348 e. The van der Waals surface area contributed by atoms with Gasteiger partial charge in [-0.15, -0.1) is 0 Å². The lowest BCUT2D eigenvalue weighted by Gasteiger charge is -2.25. The maximum absolute atomic E-state index is 12.2. The van der Waals surface area contributed by atoms with Gasteiger partial charge in [0.25, 0.3) is 0 Å². The second-order valence-electron chi connectivity index (χ2n) is 4.84. The van der Waals surface area contributed by atoms with Crippen molar-refractivity contribution in [3.8, 4) is 0 Å². The summed E-state index contributed by atoms with van der Waals surface area (Å²) < 4.78 is 0. The molecule has 1 aliphatic rings. The van der Waals surface area contributed by atoms with Gasteiger partial charge >= 0.3 is 0 Å². The molecule has 1 aromatic heterocycles. The van der Waals surface area contributed by atoms with Gasteiger partial charge in [0, 0.05) is 12.4 Å². The lowest BCUT2D eigenvalue weighted by atomic mass is 9.98. The van der Waals surface area contributed by atoms with Crippen molar-refractivity contribution >= 4 is 5.91 Å². The normalized spacial score (nSPS) is 25.5. The third-order valence-electron chi connectivity index (χ3n) is 3.42. The predicted molar refractivity (Wildman–Crippen MR) is 66.4 cm³/mol. The van der Waals surface area contributed by atoms with Crippen LogP contribution in [0.1, 0.15) is 38.3 Å². The predicted octanol–water partition coefficient (Wildman–Crippen LogP) is 1.40. The SMILES string of the molecule is C[C@@H](NC(=O)C1(C)CCCN1)c1ccncc1. The topological polar surface area (TPSA) is 54.0 Å². The highest BCUT2D eigenvalue weighted by atomic mass is 16.2. The first-order valence-corrected chi connectivity index (χ1v) is 6.08. The van der Waals surface area contributed by atoms with E-state index < -0.39 is 5.54 Å². The number of nitrogens with one attached hydrogen (secondary N) is 2. The zero-order chi connectivity index (χ0) is 12.3.